The van der Waals surface area contributed by atoms with E-state index in [1.165, 1.54) is 66.8 Å². The molecule has 0 saturated carbocycles. The van der Waals surface area contributed by atoms with Crippen molar-refractivity contribution in [1.29, 1.82) is 0 Å². The Morgan fingerprint density at radius 1 is 0.489 bits per heavy atom. The summed E-state index contributed by atoms with van der Waals surface area (Å²) < 4.78 is 2.47. The first-order valence-corrected chi connectivity index (χ1v) is 16.4. The number of fused-ring (bicyclic) bond motifs is 6. The third kappa shape index (κ3) is 4.31. The maximum atomic E-state index is 2.52. The topological polar surface area (TPSA) is 8.17 Å². The van der Waals surface area contributed by atoms with E-state index in [4.69, 9.17) is 0 Å². The van der Waals surface area contributed by atoms with Crippen LogP contribution in [0.4, 0.5) is 17.1 Å². The Labute approximate surface area is 266 Å². The van der Waals surface area contributed by atoms with E-state index in [0.29, 0.717) is 0 Å². The van der Waals surface area contributed by atoms with Crippen molar-refractivity contribution in [3.8, 4) is 16.8 Å². The summed E-state index contributed by atoms with van der Waals surface area (Å²) in [5.41, 5.74) is 13.0. The van der Waals surface area contributed by atoms with Gasteiger partial charge in [0.15, 0.2) is 0 Å². The second-order valence-corrected chi connectivity index (χ2v) is 12.4. The number of nitrogens with zero attached hydrogens (tertiary/aromatic N) is 2. The summed E-state index contributed by atoms with van der Waals surface area (Å²) in [4.78, 5) is 2.40. The summed E-state index contributed by atoms with van der Waals surface area (Å²) >= 11 is 0. The van der Waals surface area contributed by atoms with E-state index >= 15 is 0 Å². The molecule has 1 aromatic heterocycles. The minimum Gasteiger partial charge on any atom is -0.310 e. The standard InChI is InChI=1S/C43H38N2/c1-3-27-43(28-4-2)39-29-33(44(31-15-7-5-8-16-31)32-17-9-6-10-18-32)23-25-35(39)36-26-24-34(30-40(36)43)45-41-21-13-11-19-37(41)38-20-12-14-22-42(38)45/h5-26,29-30H,3-4,27-28H2,1-2H3. The number of rotatable bonds is 8. The molecule has 0 spiro atoms. The van der Waals surface area contributed by atoms with Crippen molar-refractivity contribution >= 4 is 38.9 Å². The molecule has 0 fully saturated rings. The third-order valence-electron chi connectivity index (χ3n) is 9.81. The first kappa shape index (κ1) is 27.5. The van der Waals surface area contributed by atoms with Crippen LogP contribution in [0.15, 0.2) is 146 Å². The summed E-state index contributed by atoms with van der Waals surface area (Å²) in [5, 5.41) is 2.61. The van der Waals surface area contributed by atoms with E-state index in [1.807, 2.05) is 0 Å². The fourth-order valence-corrected chi connectivity index (χ4v) is 8.07. The molecular weight excluding hydrogens is 544 g/mol. The smallest absolute Gasteiger partial charge is 0.0541 e. The summed E-state index contributed by atoms with van der Waals surface area (Å²) in [5.74, 6) is 0. The first-order chi connectivity index (χ1) is 22.2. The first-order valence-electron chi connectivity index (χ1n) is 16.4. The lowest BCUT2D eigenvalue weighted by Gasteiger charge is -2.33. The second-order valence-electron chi connectivity index (χ2n) is 12.4. The van der Waals surface area contributed by atoms with E-state index in [2.05, 4.69) is 169 Å². The van der Waals surface area contributed by atoms with Crippen molar-refractivity contribution in [2.75, 3.05) is 4.90 Å². The van der Waals surface area contributed by atoms with Gasteiger partial charge in [-0.3, -0.25) is 0 Å². The number of aromatic nitrogens is 1. The molecule has 8 rings (SSSR count). The molecule has 0 amide bonds. The lowest BCUT2D eigenvalue weighted by Crippen LogP contribution is -2.25. The normalized spacial score (nSPS) is 13.2. The van der Waals surface area contributed by atoms with Crippen molar-refractivity contribution < 1.29 is 0 Å². The zero-order valence-electron chi connectivity index (χ0n) is 26.1. The van der Waals surface area contributed by atoms with Crippen LogP contribution < -0.4 is 4.90 Å². The highest BCUT2D eigenvalue weighted by molar-refractivity contribution is 6.09. The van der Waals surface area contributed by atoms with Gasteiger partial charge in [-0.25, -0.2) is 0 Å². The zero-order chi connectivity index (χ0) is 30.4. The Bertz CT molecular complexity index is 2040. The average molecular weight is 583 g/mol. The van der Waals surface area contributed by atoms with E-state index in [-0.39, 0.29) is 5.41 Å². The lowest BCUT2D eigenvalue weighted by atomic mass is 9.71. The van der Waals surface area contributed by atoms with Crippen LogP contribution in [0.2, 0.25) is 0 Å². The van der Waals surface area contributed by atoms with Crippen LogP contribution >= 0.6 is 0 Å². The van der Waals surface area contributed by atoms with Crippen LogP contribution in [0.25, 0.3) is 38.6 Å². The molecule has 0 bridgehead atoms. The molecular formula is C43H38N2. The second kappa shape index (κ2) is 11.1. The summed E-state index contributed by atoms with van der Waals surface area (Å²) in [6.07, 6.45) is 4.50. The highest BCUT2D eigenvalue weighted by Gasteiger charge is 2.42. The summed E-state index contributed by atoms with van der Waals surface area (Å²) in [7, 11) is 0. The van der Waals surface area contributed by atoms with Gasteiger partial charge in [0.2, 0.25) is 0 Å². The molecule has 7 aromatic rings. The molecule has 1 aliphatic rings. The van der Waals surface area contributed by atoms with Gasteiger partial charge in [-0.2, -0.15) is 0 Å². The van der Waals surface area contributed by atoms with Gasteiger partial charge in [0.1, 0.15) is 0 Å². The number of anilines is 3. The number of para-hydroxylation sites is 4. The molecule has 2 heteroatoms. The maximum Gasteiger partial charge on any atom is 0.0541 e. The van der Waals surface area contributed by atoms with Gasteiger partial charge in [-0.15, -0.1) is 0 Å². The van der Waals surface area contributed by atoms with Crippen LogP contribution in [0.1, 0.15) is 50.7 Å². The fraction of sp³-hybridized carbons (Fsp3) is 0.163. The quantitative estimate of drug-likeness (QED) is 0.173. The van der Waals surface area contributed by atoms with E-state index in [0.717, 1.165) is 25.7 Å². The Morgan fingerprint density at radius 3 is 1.53 bits per heavy atom. The number of hydrogen-bond donors (Lipinski definition) is 0. The molecule has 2 nitrogen and oxygen atoms in total. The van der Waals surface area contributed by atoms with Crippen LogP contribution in [0, 0.1) is 0 Å². The fourth-order valence-electron chi connectivity index (χ4n) is 8.07. The van der Waals surface area contributed by atoms with E-state index < -0.39 is 0 Å². The molecule has 45 heavy (non-hydrogen) atoms. The maximum absolute atomic E-state index is 2.52. The van der Waals surface area contributed by atoms with Gasteiger partial charge in [0.05, 0.1) is 11.0 Å². The molecule has 0 unspecified atom stereocenters. The highest BCUT2D eigenvalue weighted by atomic mass is 15.1. The molecule has 0 radical (unpaired) electrons. The van der Waals surface area contributed by atoms with Gasteiger partial charge < -0.3 is 9.47 Å². The van der Waals surface area contributed by atoms with Gasteiger partial charge in [-0.1, -0.05) is 112 Å². The third-order valence-corrected chi connectivity index (χ3v) is 9.81. The van der Waals surface area contributed by atoms with Crippen molar-refractivity contribution in [3.63, 3.8) is 0 Å². The van der Waals surface area contributed by atoms with Crippen molar-refractivity contribution in [2.45, 2.75) is 44.9 Å². The highest BCUT2D eigenvalue weighted by Crippen LogP contribution is 2.55. The number of hydrogen-bond acceptors (Lipinski definition) is 1. The molecule has 220 valence electrons. The van der Waals surface area contributed by atoms with Gasteiger partial charge in [0.25, 0.3) is 0 Å². The van der Waals surface area contributed by atoms with Crippen LogP contribution in [0.5, 0.6) is 0 Å². The van der Waals surface area contributed by atoms with Crippen LogP contribution in [-0.4, -0.2) is 4.57 Å². The molecule has 1 heterocycles. The van der Waals surface area contributed by atoms with Crippen LogP contribution in [-0.2, 0) is 5.41 Å². The minimum absolute atomic E-state index is 0.0437. The predicted molar refractivity (Wildman–Crippen MR) is 191 cm³/mol. The number of benzene rings is 6. The molecule has 0 aliphatic heterocycles. The van der Waals surface area contributed by atoms with Gasteiger partial charge >= 0.3 is 0 Å². The van der Waals surface area contributed by atoms with Crippen molar-refractivity contribution in [1.82, 2.24) is 4.57 Å². The lowest BCUT2D eigenvalue weighted by molar-refractivity contribution is 0.436. The van der Waals surface area contributed by atoms with Gasteiger partial charge in [0, 0.05) is 38.9 Å². The summed E-state index contributed by atoms with van der Waals surface area (Å²) in [6, 6.07) is 53.6. The largest absolute Gasteiger partial charge is 0.310 e. The van der Waals surface area contributed by atoms with Gasteiger partial charge in [-0.05, 0) is 95.8 Å². The van der Waals surface area contributed by atoms with E-state index in [9.17, 15) is 0 Å². The molecule has 0 atom stereocenters. The van der Waals surface area contributed by atoms with Crippen molar-refractivity contribution in [3.05, 3.63) is 157 Å². The SMILES string of the molecule is CCCC1(CCC)c2cc(N(c3ccccc3)c3ccccc3)ccc2-c2ccc(-n3c4ccccc4c4ccccc43)cc21. The molecule has 0 saturated heterocycles. The monoisotopic (exact) mass is 582 g/mol. The Balaban J connectivity index is 1.34. The molecule has 0 N–H and O–H groups in total. The molecule has 1 aliphatic carbocycles. The van der Waals surface area contributed by atoms with Crippen molar-refractivity contribution in [2.24, 2.45) is 0 Å². The Morgan fingerprint density at radius 2 is 0.978 bits per heavy atom. The average Bonchev–Trinajstić information content (AvgIpc) is 3.56. The Hall–Kier alpha value is -5.08. The predicted octanol–water partition coefficient (Wildman–Crippen LogP) is 12.1. The Kier molecular flexibility index (Phi) is 6.79. The van der Waals surface area contributed by atoms with E-state index in [1.54, 1.807) is 0 Å². The molecule has 6 aromatic carbocycles. The summed E-state index contributed by atoms with van der Waals surface area (Å²) in [6.45, 7) is 4.69. The minimum atomic E-state index is -0.0437. The zero-order valence-corrected chi connectivity index (χ0v) is 26.1. The van der Waals surface area contributed by atoms with Crippen LogP contribution in [0.3, 0.4) is 0 Å².